The zero-order chi connectivity index (χ0) is 40.8. The Hall–Kier alpha value is -8.21. The summed E-state index contributed by atoms with van der Waals surface area (Å²) in [5.41, 5.74) is 18.3. The molecular formula is C58H36N4. The maximum absolute atomic E-state index is 5.26. The van der Waals surface area contributed by atoms with Crippen molar-refractivity contribution in [3.63, 3.8) is 0 Å². The summed E-state index contributed by atoms with van der Waals surface area (Å²) < 4.78 is 2.49. The Bertz CT molecular complexity index is 3470. The molecule has 4 heteroatoms. The molecular weight excluding hydrogens is 753 g/mol. The van der Waals surface area contributed by atoms with Crippen LogP contribution in [-0.2, 0) is 5.41 Å². The zero-order valence-electron chi connectivity index (χ0n) is 33.6. The van der Waals surface area contributed by atoms with Gasteiger partial charge in [-0.15, -0.1) is 0 Å². The van der Waals surface area contributed by atoms with E-state index in [-0.39, 0.29) is 0 Å². The van der Waals surface area contributed by atoms with Gasteiger partial charge in [0.2, 0.25) is 0 Å². The van der Waals surface area contributed by atoms with Gasteiger partial charge in [0.25, 0.3) is 0 Å². The van der Waals surface area contributed by atoms with E-state index in [0.717, 1.165) is 27.9 Å². The highest BCUT2D eigenvalue weighted by molar-refractivity contribution is 6.17. The van der Waals surface area contributed by atoms with Crippen molar-refractivity contribution in [1.82, 2.24) is 19.5 Å². The quantitative estimate of drug-likeness (QED) is 0.174. The van der Waals surface area contributed by atoms with Crippen molar-refractivity contribution >= 4 is 21.8 Å². The van der Waals surface area contributed by atoms with E-state index in [9.17, 15) is 0 Å². The molecule has 9 aromatic carbocycles. The summed E-state index contributed by atoms with van der Waals surface area (Å²) >= 11 is 0. The normalized spacial score (nSPS) is 13.0. The molecule has 0 unspecified atom stereocenters. The second kappa shape index (κ2) is 13.4. The van der Waals surface area contributed by atoms with Crippen molar-refractivity contribution in [3.05, 3.63) is 241 Å². The summed E-state index contributed by atoms with van der Waals surface area (Å²) in [6.45, 7) is 0. The van der Waals surface area contributed by atoms with Gasteiger partial charge in [-0.2, -0.15) is 0 Å². The van der Waals surface area contributed by atoms with Crippen LogP contribution in [0, 0.1) is 0 Å². The molecule has 2 aliphatic rings. The molecule has 0 saturated heterocycles. The van der Waals surface area contributed by atoms with E-state index in [1.807, 2.05) is 36.4 Å². The Balaban J connectivity index is 1.16. The van der Waals surface area contributed by atoms with Crippen molar-refractivity contribution in [2.75, 3.05) is 0 Å². The highest BCUT2D eigenvalue weighted by Gasteiger charge is 2.52. The molecule has 13 rings (SSSR count). The first-order valence-electron chi connectivity index (χ1n) is 21.2. The molecule has 0 fully saturated rings. The fourth-order valence-corrected chi connectivity index (χ4v) is 10.5. The van der Waals surface area contributed by atoms with Crippen molar-refractivity contribution in [1.29, 1.82) is 0 Å². The lowest BCUT2D eigenvalue weighted by Gasteiger charge is -2.30. The fourth-order valence-electron chi connectivity index (χ4n) is 10.5. The van der Waals surface area contributed by atoms with Crippen LogP contribution < -0.4 is 0 Å². The predicted octanol–water partition coefficient (Wildman–Crippen LogP) is 14.0. The van der Waals surface area contributed by atoms with Gasteiger partial charge in [-0.1, -0.05) is 194 Å². The lowest BCUT2D eigenvalue weighted by molar-refractivity contribution is 0.794. The summed E-state index contributed by atoms with van der Waals surface area (Å²) in [6, 6.07) is 78.6. The summed E-state index contributed by atoms with van der Waals surface area (Å²) in [6.07, 6.45) is 0. The van der Waals surface area contributed by atoms with E-state index in [1.54, 1.807) is 0 Å². The molecule has 2 aromatic heterocycles. The van der Waals surface area contributed by atoms with E-state index < -0.39 is 5.41 Å². The first-order valence-corrected chi connectivity index (χ1v) is 21.2. The standard InChI is InChI=1S/C58H36N4/c1-4-18-37(19-5-1)40-32-35-52-46(36-40)43-33-34-50-53(44-26-12-16-30-49(44)58(50)47-28-14-10-24-41(47)42-25-11-15-29-48(42)58)54(43)62(52)51-31-17-13-27-45(51)57-60-55(38-20-6-2-7-21-38)59-56(61-57)39-22-8-3-9-23-39/h1-36H. The molecule has 0 bridgehead atoms. The topological polar surface area (TPSA) is 43.6 Å². The average molecular weight is 789 g/mol. The van der Waals surface area contributed by atoms with Gasteiger partial charge in [-0.3, -0.25) is 0 Å². The molecule has 2 aliphatic carbocycles. The third kappa shape index (κ3) is 4.86. The molecule has 0 aliphatic heterocycles. The minimum absolute atomic E-state index is 0.479. The highest BCUT2D eigenvalue weighted by Crippen LogP contribution is 2.64. The molecule has 0 atom stereocenters. The third-order valence-electron chi connectivity index (χ3n) is 13.1. The fraction of sp³-hybridized carbons (Fsp3) is 0.0172. The Labute approximate surface area is 359 Å². The summed E-state index contributed by atoms with van der Waals surface area (Å²) in [4.78, 5) is 15.6. The van der Waals surface area contributed by atoms with Crippen LogP contribution in [0.2, 0.25) is 0 Å². The SMILES string of the molecule is c1ccc(-c2ccc3c(c2)c2ccc4c(c2n3-c2ccccc2-c2nc(-c3ccccc3)nc(-c3ccccc3)n2)-c2ccccc2C42c3ccccc3-c3ccccc32)cc1. The summed E-state index contributed by atoms with van der Waals surface area (Å²) in [5, 5.41) is 2.39. The Morgan fingerprint density at radius 3 is 1.42 bits per heavy atom. The highest BCUT2D eigenvalue weighted by atomic mass is 15.1. The first kappa shape index (κ1) is 34.6. The number of benzene rings is 9. The number of nitrogens with zero attached hydrogens (tertiary/aromatic N) is 4. The smallest absolute Gasteiger partial charge is 0.166 e. The lowest BCUT2D eigenvalue weighted by Crippen LogP contribution is -2.25. The second-order valence-corrected chi connectivity index (χ2v) is 16.3. The van der Waals surface area contributed by atoms with Crippen LogP contribution in [-0.4, -0.2) is 19.5 Å². The van der Waals surface area contributed by atoms with Crippen molar-refractivity contribution in [3.8, 4) is 73.2 Å². The maximum atomic E-state index is 5.26. The molecule has 2 heterocycles. The van der Waals surface area contributed by atoms with Crippen LogP contribution in [0.1, 0.15) is 22.3 Å². The van der Waals surface area contributed by atoms with Crippen molar-refractivity contribution in [2.24, 2.45) is 0 Å². The van der Waals surface area contributed by atoms with Crippen LogP contribution >= 0.6 is 0 Å². The molecule has 4 nitrogen and oxygen atoms in total. The van der Waals surface area contributed by atoms with Gasteiger partial charge in [0, 0.05) is 33.0 Å². The summed E-state index contributed by atoms with van der Waals surface area (Å²) in [7, 11) is 0. The Kier molecular flexibility index (Phi) is 7.49. The Morgan fingerprint density at radius 2 is 0.806 bits per heavy atom. The number of hydrogen-bond acceptors (Lipinski definition) is 3. The van der Waals surface area contributed by atoms with Crippen molar-refractivity contribution in [2.45, 2.75) is 5.41 Å². The number of fused-ring (bicyclic) bond motifs is 14. The van der Waals surface area contributed by atoms with Gasteiger partial charge in [0.05, 0.1) is 22.1 Å². The van der Waals surface area contributed by atoms with E-state index in [2.05, 4.69) is 187 Å². The van der Waals surface area contributed by atoms with Crippen LogP contribution in [0.15, 0.2) is 218 Å². The summed E-state index contributed by atoms with van der Waals surface area (Å²) in [5.74, 6) is 1.89. The number of aromatic nitrogens is 4. The monoisotopic (exact) mass is 788 g/mol. The largest absolute Gasteiger partial charge is 0.308 e. The number of hydrogen-bond donors (Lipinski definition) is 0. The van der Waals surface area contributed by atoms with Crippen LogP contribution in [0.25, 0.3) is 95.0 Å². The van der Waals surface area contributed by atoms with E-state index in [1.165, 1.54) is 71.9 Å². The van der Waals surface area contributed by atoms with Gasteiger partial charge in [-0.05, 0) is 74.3 Å². The molecule has 0 N–H and O–H groups in total. The van der Waals surface area contributed by atoms with Gasteiger partial charge in [-0.25, -0.2) is 15.0 Å². The average Bonchev–Trinajstić information content (AvgIpc) is 3.96. The van der Waals surface area contributed by atoms with Gasteiger partial charge >= 0.3 is 0 Å². The predicted molar refractivity (Wildman–Crippen MR) is 252 cm³/mol. The van der Waals surface area contributed by atoms with E-state index in [4.69, 9.17) is 15.0 Å². The molecule has 0 amide bonds. The third-order valence-corrected chi connectivity index (χ3v) is 13.1. The molecule has 288 valence electrons. The second-order valence-electron chi connectivity index (χ2n) is 16.3. The molecule has 0 radical (unpaired) electrons. The first-order chi connectivity index (χ1) is 30.8. The molecule has 62 heavy (non-hydrogen) atoms. The number of para-hydroxylation sites is 1. The van der Waals surface area contributed by atoms with Gasteiger partial charge in [0.15, 0.2) is 17.5 Å². The maximum Gasteiger partial charge on any atom is 0.166 e. The van der Waals surface area contributed by atoms with Crippen LogP contribution in [0.4, 0.5) is 0 Å². The van der Waals surface area contributed by atoms with Crippen molar-refractivity contribution < 1.29 is 0 Å². The molecule has 11 aromatic rings. The van der Waals surface area contributed by atoms with E-state index >= 15 is 0 Å². The van der Waals surface area contributed by atoms with Gasteiger partial charge in [0.1, 0.15) is 0 Å². The lowest BCUT2D eigenvalue weighted by atomic mass is 9.70. The number of rotatable bonds is 5. The van der Waals surface area contributed by atoms with Gasteiger partial charge < -0.3 is 4.57 Å². The van der Waals surface area contributed by atoms with E-state index in [0.29, 0.717) is 17.5 Å². The Morgan fingerprint density at radius 1 is 0.323 bits per heavy atom. The molecule has 1 spiro atoms. The molecule has 0 saturated carbocycles. The minimum atomic E-state index is -0.479. The van der Waals surface area contributed by atoms with Crippen LogP contribution in [0.5, 0.6) is 0 Å². The minimum Gasteiger partial charge on any atom is -0.308 e. The van der Waals surface area contributed by atoms with Crippen LogP contribution in [0.3, 0.4) is 0 Å². The zero-order valence-corrected chi connectivity index (χ0v) is 33.6.